The van der Waals surface area contributed by atoms with Gasteiger partial charge in [-0.15, -0.1) is 0 Å². The number of hydrogen-bond acceptors (Lipinski definition) is 8. The molecule has 36 heavy (non-hydrogen) atoms. The number of carbonyl (C=O) groups is 2. The Hall–Kier alpha value is -2.24. The SMILES string of the molecule is CNCC(=O)C[C@@H](Cc1ccc(O)c(O)c1)C(=O)OCC(COCC[N+](C)(C)C)OCC[N+](C)(C)C. The van der Waals surface area contributed by atoms with Gasteiger partial charge in [0.05, 0.1) is 74.6 Å². The van der Waals surface area contributed by atoms with E-state index in [2.05, 4.69) is 47.6 Å². The van der Waals surface area contributed by atoms with Crippen molar-refractivity contribution in [2.45, 2.75) is 18.9 Å². The first kappa shape index (κ1) is 31.8. The lowest BCUT2D eigenvalue weighted by molar-refractivity contribution is -0.871. The number of carbonyl (C=O) groups excluding carboxylic acids is 2. The van der Waals surface area contributed by atoms with Crippen molar-refractivity contribution in [3.63, 3.8) is 0 Å². The fourth-order valence-electron chi connectivity index (χ4n) is 3.25. The Morgan fingerprint density at radius 2 is 1.58 bits per heavy atom. The molecule has 0 fully saturated rings. The molecule has 0 radical (unpaired) electrons. The number of phenols is 2. The number of Topliss-reactive ketones (excluding diaryl/α,β-unsaturated/α-hetero) is 1. The number of benzene rings is 1. The maximum atomic E-state index is 13.0. The Morgan fingerprint density at radius 3 is 2.17 bits per heavy atom. The maximum Gasteiger partial charge on any atom is 0.309 e. The first-order chi connectivity index (χ1) is 16.7. The lowest BCUT2D eigenvalue weighted by Gasteiger charge is -2.26. The monoisotopic (exact) mass is 513 g/mol. The van der Waals surface area contributed by atoms with Gasteiger partial charge in [0.1, 0.15) is 31.6 Å². The summed E-state index contributed by atoms with van der Waals surface area (Å²) in [6.45, 7) is 3.10. The Balaban J connectivity index is 2.82. The van der Waals surface area contributed by atoms with Crippen molar-refractivity contribution >= 4 is 11.8 Å². The number of ether oxygens (including phenoxy) is 3. The maximum absolute atomic E-state index is 13.0. The van der Waals surface area contributed by atoms with Crippen LogP contribution in [0.4, 0.5) is 0 Å². The van der Waals surface area contributed by atoms with E-state index in [4.69, 9.17) is 14.2 Å². The van der Waals surface area contributed by atoms with E-state index in [0.717, 1.165) is 22.1 Å². The van der Waals surface area contributed by atoms with Crippen molar-refractivity contribution in [1.82, 2.24) is 5.32 Å². The highest BCUT2D eigenvalue weighted by Gasteiger charge is 2.26. The van der Waals surface area contributed by atoms with E-state index < -0.39 is 18.0 Å². The van der Waals surface area contributed by atoms with Crippen LogP contribution in [-0.4, -0.2) is 132 Å². The van der Waals surface area contributed by atoms with Crippen molar-refractivity contribution in [3.05, 3.63) is 23.8 Å². The van der Waals surface area contributed by atoms with Crippen LogP contribution in [0.25, 0.3) is 0 Å². The van der Waals surface area contributed by atoms with Gasteiger partial charge in [-0.3, -0.25) is 9.59 Å². The van der Waals surface area contributed by atoms with Crippen molar-refractivity contribution in [1.29, 1.82) is 0 Å². The second-order valence-corrected chi connectivity index (χ2v) is 11.2. The van der Waals surface area contributed by atoms with Gasteiger partial charge in [0.25, 0.3) is 0 Å². The fourth-order valence-corrected chi connectivity index (χ4v) is 3.25. The predicted octanol–water partition coefficient (Wildman–Crippen LogP) is 0.793. The van der Waals surface area contributed by atoms with Gasteiger partial charge < -0.3 is 38.7 Å². The summed E-state index contributed by atoms with van der Waals surface area (Å²) in [7, 11) is 14.1. The van der Waals surface area contributed by atoms with E-state index in [-0.39, 0.29) is 43.3 Å². The molecule has 206 valence electrons. The minimum Gasteiger partial charge on any atom is -0.504 e. The lowest BCUT2D eigenvalue weighted by Crippen LogP contribution is -2.40. The number of hydrogen-bond donors (Lipinski definition) is 3. The van der Waals surface area contributed by atoms with E-state index in [1.165, 1.54) is 12.1 Å². The van der Waals surface area contributed by atoms with E-state index in [9.17, 15) is 19.8 Å². The highest BCUT2D eigenvalue weighted by atomic mass is 16.6. The fraction of sp³-hybridized carbons (Fsp3) is 0.692. The molecule has 1 aromatic carbocycles. The Kier molecular flexibility index (Phi) is 13.3. The second-order valence-electron chi connectivity index (χ2n) is 11.2. The third kappa shape index (κ3) is 14.4. The third-order valence-electron chi connectivity index (χ3n) is 5.44. The number of phenolic OH excluding ortho intramolecular Hbond substituents is 2. The average molecular weight is 514 g/mol. The molecule has 1 aromatic rings. The molecule has 0 aliphatic heterocycles. The zero-order valence-corrected chi connectivity index (χ0v) is 23.1. The topological polar surface area (TPSA) is 114 Å². The second kappa shape index (κ2) is 15.1. The van der Waals surface area contributed by atoms with Gasteiger partial charge in [0.2, 0.25) is 0 Å². The molecular weight excluding hydrogens is 466 g/mol. The van der Waals surface area contributed by atoms with Gasteiger partial charge in [0, 0.05) is 6.42 Å². The van der Waals surface area contributed by atoms with E-state index in [1.54, 1.807) is 13.1 Å². The van der Waals surface area contributed by atoms with Crippen LogP contribution in [0.5, 0.6) is 11.5 Å². The summed E-state index contributed by atoms with van der Waals surface area (Å²) >= 11 is 0. The molecular formula is C26H47N3O7+2. The first-order valence-electron chi connectivity index (χ1n) is 12.3. The number of likely N-dealkylation sites (N-methyl/N-ethyl adjacent to an activating group) is 3. The lowest BCUT2D eigenvalue weighted by atomic mass is 9.94. The number of aromatic hydroxyl groups is 2. The van der Waals surface area contributed by atoms with Crippen molar-refractivity contribution in [2.75, 3.05) is 95.4 Å². The van der Waals surface area contributed by atoms with Gasteiger partial charge in [-0.2, -0.15) is 0 Å². The molecule has 0 heterocycles. The van der Waals surface area contributed by atoms with Crippen molar-refractivity contribution < 1.29 is 43.0 Å². The number of esters is 1. The standard InChI is InChI=1S/C26H45N3O7/c1-27-17-22(30)16-21(14-20-8-9-24(31)25(32)15-20)26(33)36-19-23(35-13-11-29(5,6)7)18-34-12-10-28(2,3)4/h8-9,15,21,23,27H,10-14,16-19H2,1-7H3/p+2/t21-,23?/m1/s1. The van der Waals surface area contributed by atoms with Crippen LogP contribution in [-0.2, 0) is 30.2 Å². The predicted molar refractivity (Wildman–Crippen MR) is 138 cm³/mol. The summed E-state index contributed by atoms with van der Waals surface area (Å²) in [6, 6.07) is 4.35. The molecule has 0 bridgehead atoms. The van der Waals surface area contributed by atoms with Crippen LogP contribution in [0, 0.1) is 5.92 Å². The van der Waals surface area contributed by atoms with Crippen LogP contribution in [0.1, 0.15) is 12.0 Å². The minimum absolute atomic E-state index is 0.00562. The molecule has 0 amide bonds. The number of rotatable bonds is 18. The summed E-state index contributed by atoms with van der Waals surface area (Å²) in [4.78, 5) is 25.3. The Labute approximate surface area is 215 Å². The molecule has 10 nitrogen and oxygen atoms in total. The van der Waals surface area contributed by atoms with Crippen molar-refractivity contribution in [3.8, 4) is 11.5 Å². The molecule has 2 atom stereocenters. The zero-order valence-electron chi connectivity index (χ0n) is 23.1. The number of nitrogens with one attached hydrogen (secondary N) is 1. The van der Waals surface area contributed by atoms with Crippen LogP contribution in [0.3, 0.4) is 0 Å². The Morgan fingerprint density at radius 1 is 0.944 bits per heavy atom. The molecule has 10 heteroatoms. The van der Waals surface area contributed by atoms with Crippen LogP contribution in [0.2, 0.25) is 0 Å². The normalized spacial score (nSPS) is 13.9. The summed E-state index contributed by atoms with van der Waals surface area (Å²) in [6.07, 6.45) is -0.247. The van der Waals surface area contributed by atoms with Gasteiger partial charge in [-0.25, -0.2) is 0 Å². The molecule has 0 saturated carbocycles. The summed E-state index contributed by atoms with van der Waals surface area (Å²) in [5.74, 6) is -1.90. The summed E-state index contributed by atoms with van der Waals surface area (Å²) < 4.78 is 18.9. The summed E-state index contributed by atoms with van der Waals surface area (Å²) in [5.41, 5.74) is 0.615. The highest BCUT2D eigenvalue weighted by Crippen LogP contribution is 2.27. The number of quaternary nitrogens is 2. The zero-order chi connectivity index (χ0) is 27.4. The molecule has 0 saturated heterocycles. The van der Waals surface area contributed by atoms with E-state index >= 15 is 0 Å². The molecule has 1 unspecified atom stereocenters. The van der Waals surface area contributed by atoms with E-state index in [1.807, 2.05) is 0 Å². The largest absolute Gasteiger partial charge is 0.504 e. The highest BCUT2D eigenvalue weighted by molar-refractivity contribution is 5.86. The average Bonchev–Trinajstić information content (AvgIpc) is 2.75. The van der Waals surface area contributed by atoms with Crippen LogP contribution in [0.15, 0.2) is 18.2 Å². The minimum atomic E-state index is -0.735. The molecule has 1 rings (SSSR count). The third-order valence-corrected chi connectivity index (χ3v) is 5.44. The Bertz CT molecular complexity index is 819. The summed E-state index contributed by atoms with van der Waals surface area (Å²) in [5, 5.41) is 22.2. The van der Waals surface area contributed by atoms with E-state index in [0.29, 0.717) is 25.4 Å². The molecule has 0 aliphatic rings. The van der Waals surface area contributed by atoms with Gasteiger partial charge >= 0.3 is 5.97 Å². The van der Waals surface area contributed by atoms with Crippen molar-refractivity contribution in [2.24, 2.45) is 5.92 Å². The van der Waals surface area contributed by atoms with Crippen LogP contribution >= 0.6 is 0 Å². The number of nitrogens with zero attached hydrogens (tertiary/aromatic N) is 2. The molecule has 0 aromatic heterocycles. The number of ketones is 1. The molecule has 3 N–H and O–H groups in total. The molecule has 0 spiro atoms. The smallest absolute Gasteiger partial charge is 0.309 e. The molecule has 0 aliphatic carbocycles. The van der Waals surface area contributed by atoms with Gasteiger partial charge in [-0.05, 0) is 31.2 Å². The van der Waals surface area contributed by atoms with Gasteiger partial charge in [-0.1, -0.05) is 6.07 Å². The van der Waals surface area contributed by atoms with Gasteiger partial charge in [0.15, 0.2) is 11.5 Å². The quantitative estimate of drug-likeness (QED) is 0.114. The van der Waals surface area contributed by atoms with Crippen LogP contribution < -0.4 is 5.32 Å². The first-order valence-corrected chi connectivity index (χ1v) is 12.3.